The fraction of sp³-hybridized carbons (Fsp3) is 0.679. The SMILES string of the molecule is C1COCCN2CCOCCOCCN(CCO1)CCOCCOCC2.C1COCCN2CCOCCOCCN(CCO1)CCOCCOCC2.NCCN.[K].[K].[Pt].[Pt].[Sn].[Sn].[Sn].[Sn].[Sn].[Sn].[Sn].[Sn].[Sn].c1ccc(P(c2ccccc2)c2ccccc2)cc1. The van der Waals surface area contributed by atoms with Crippen LogP contribution in [0, 0.1) is 0 Å². The van der Waals surface area contributed by atoms with Crippen LogP contribution in [0.25, 0.3) is 0 Å². The van der Waals surface area contributed by atoms with E-state index in [9.17, 15) is 0 Å². The van der Waals surface area contributed by atoms with Gasteiger partial charge in [0.25, 0.3) is 0 Å². The number of hydrogen-bond acceptors (Lipinski definition) is 18. The quantitative estimate of drug-likeness (QED) is 0.209. The van der Waals surface area contributed by atoms with Crippen molar-refractivity contribution in [2.75, 3.05) is 250 Å². The Balaban J connectivity index is -0.000000118. The first-order valence-corrected chi connectivity index (χ1v) is 28.8. The molecule has 0 aromatic heterocycles. The maximum Gasteiger partial charge on any atom is 0.0701 e. The van der Waals surface area contributed by atoms with Gasteiger partial charge in [0.2, 0.25) is 0 Å². The number of rotatable bonds is 4. The summed E-state index contributed by atoms with van der Waals surface area (Å²) in [6.45, 7) is 27.6. The summed E-state index contributed by atoms with van der Waals surface area (Å²) in [5.74, 6) is 0. The Hall–Kier alpha value is 9.21. The third kappa shape index (κ3) is 67.1. The van der Waals surface area contributed by atoms with Crippen molar-refractivity contribution in [1.82, 2.24) is 19.6 Å². The topological polar surface area (TPSA) is 176 Å². The minimum atomic E-state index is -0.446. The number of fused-ring (bicyclic) bond motifs is 42. The van der Waals surface area contributed by atoms with Gasteiger partial charge >= 0.3 is 0 Å². The Kier molecular flexibility index (Phi) is 122. The second-order valence-corrected chi connectivity index (χ2v) is 19.9. The van der Waals surface area contributed by atoms with Crippen LogP contribution in [0.4, 0.5) is 0 Å². The molecule has 88 heavy (non-hydrogen) atoms. The van der Waals surface area contributed by atoms with Gasteiger partial charge in [0.1, 0.15) is 0 Å². The summed E-state index contributed by atoms with van der Waals surface area (Å²) in [6, 6.07) is 32.3. The van der Waals surface area contributed by atoms with Crippen molar-refractivity contribution in [3.63, 3.8) is 0 Å². The van der Waals surface area contributed by atoms with Crippen molar-refractivity contribution in [2.45, 2.75) is 0 Å². The van der Waals surface area contributed by atoms with Gasteiger partial charge in [0.05, 0.1) is 159 Å². The summed E-state index contributed by atoms with van der Waals surface area (Å²) in [5, 5.41) is 4.19. The Morgan fingerprint density at radius 2 is 0.364 bits per heavy atom. The molecule has 0 atom stereocenters. The Morgan fingerprint density at radius 1 is 0.239 bits per heavy atom. The van der Waals surface area contributed by atoms with Crippen molar-refractivity contribution in [1.29, 1.82) is 0 Å². The van der Waals surface area contributed by atoms with E-state index in [0.717, 1.165) is 78.5 Å². The van der Waals surface area contributed by atoms with Gasteiger partial charge in [-0.05, 0) is 23.8 Å². The van der Waals surface area contributed by atoms with Crippen molar-refractivity contribution in [3.8, 4) is 0 Å². The van der Waals surface area contributed by atoms with Crippen LogP contribution in [0.1, 0.15) is 0 Å². The van der Waals surface area contributed by atoms with E-state index < -0.39 is 7.92 Å². The van der Waals surface area contributed by atoms with Crippen LogP contribution in [-0.4, -0.2) is 588 Å². The van der Waals surface area contributed by atoms with E-state index in [1.165, 1.54) is 15.9 Å². The zero-order valence-electron chi connectivity index (χ0n) is 52.5. The monoisotopic (exact) mass is 2620 g/mol. The van der Waals surface area contributed by atoms with E-state index in [4.69, 9.17) is 68.3 Å². The van der Waals surface area contributed by atoms with E-state index in [1.807, 2.05) is 0 Å². The molecule has 0 aliphatic carbocycles. The fourth-order valence-corrected chi connectivity index (χ4v) is 10.1. The zero-order valence-corrected chi connectivity index (χ0v) is 89.8. The summed E-state index contributed by atoms with van der Waals surface area (Å²) >= 11 is 0. The van der Waals surface area contributed by atoms with Gasteiger partial charge in [-0.15, -0.1) is 0 Å². The summed E-state index contributed by atoms with van der Waals surface area (Å²) in [4.78, 5) is 9.25. The molecule has 0 unspecified atom stereocenters. The molecule has 9 rings (SSSR count). The minimum absolute atomic E-state index is 0. The third-order valence-electron chi connectivity index (χ3n) is 12.1. The molecule has 3 aromatic rings. The summed E-state index contributed by atoms with van der Waals surface area (Å²) < 4.78 is 68.4. The molecule has 6 fully saturated rings. The number of ether oxygens (including phenoxy) is 12. The minimum Gasteiger partial charge on any atom is -0.378 e. The molecule has 6 aliphatic rings. The van der Waals surface area contributed by atoms with Crippen LogP contribution in [0.15, 0.2) is 91.0 Å². The molecule has 3 aromatic carbocycles. The molecule has 0 saturated carbocycles. The van der Waals surface area contributed by atoms with E-state index in [-0.39, 0.29) is 360 Å². The van der Waals surface area contributed by atoms with E-state index in [0.29, 0.717) is 172 Å². The summed E-state index contributed by atoms with van der Waals surface area (Å²) in [6.07, 6.45) is 0. The largest absolute Gasteiger partial charge is 0.378 e. The van der Waals surface area contributed by atoms with Gasteiger partial charge in [0, 0.05) is 452 Å². The molecule has 484 valence electrons. The van der Waals surface area contributed by atoms with Crippen LogP contribution in [0.2, 0.25) is 0 Å². The van der Waals surface area contributed by atoms with E-state index >= 15 is 0 Å². The number of nitrogens with zero attached hydrogens (tertiary/aromatic N) is 4. The predicted molar refractivity (Wildman–Crippen MR) is 362 cm³/mol. The molecular formula is C56H95K2N6O12PPt2Sn9. The van der Waals surface area contributed by atoms with Crippen molar-refractivity contribution in [2.24, 2.45) is 11.5 Å². The van der Waals surface area contributed by atoms with Crippen LogP contribution in [0.3, 0.4) is 0 Å². The molecule has 18 nitrogen and oxygen atoms in total. The smallest absolute Gasteiger partial charge is 0.0701 e. The number of hydrogen-bond donors (Lipinski definition) is 2. The summed E-state index contributed by atoms with van der Waals surface area (Å²) in [5.41, 5.74) is 9.81. The Bertz CT molecular complexity index is 1430. The van der Waals surface area contributed by atoms with Gasteiger partial charge < -0.3 is 68.3 Å². The van der Waals surface area contributed by atoms with E-state index in [1.54, 1.807) is 0 Å². The average Bonchev–Trinajstić information content (AvgIpc) is 3.58. The third-order valence-corrected chi connectivity index (χ3v) is 14.5. The molecule has 6 aliphatic heterocycles. The van der Waals surface area contributed by atoms with Gasteiger partial charge in [-0.2, -0.15) is 0 Å². The number of nitrogens with two attached hydrogens (primary N) is 2. The second kappa shape index (κ2) is 90.4. The molecule has 0 spiro atoms. The molecule has 38 radical (unpaired) electrons. The molecule has 0 amide bonds. The first-order valence-electron chi connectivity index (χ1n) is 27.4. The van der Waals surface area contributed by atoms with Gasteiger partial charge in [-0.1, -0.05) is 91.0 Å². The Labute approximate surface area is 797 Å². The molecule has 4 N–H and O–H groups in total. The van der Waals surface area contributed by atoms with Gasteiger partial charge in [-0.25, -0.2) is 0 Å². The van der Waals surface area contributed by atoms with Crippen LogP contribution in [0.5, 0.6) is 0 Å². The van der Waals surface area contributed by atoms with Crippen molar-refractivity contribution in [3.05, 3.63) is 91.0 Å². The van der Waals surface area contributed by atoms with E-state index in [2.05, 4.69) is 111 Å². The first-order chi connectivity index (χ1) is 37.3. The molecular weight excluding hydrogens is 2520 g/mol. The normalized spacial score (nSPS) is 20.6. The predicted octanol–water partition coefficient (Wildman–Crippen LogP) is -2.41. The van der Waals surface area contributed by atoms with Crippen LogP contribution in [-0.2, 0) is 99.0 Å². The summed E-state index contributed by atoms with van der Waals surface area (Å²) in [7, 11) is -0.446. The Morgan fingerprint density at radius 3 is 0.477 bits per heavy atom. The molecule has 6 saturated heterocycles. The standard InChI is InChI=1S/2C18H36N2O6.C18H15P.C2H8N2.2K.2Pt.9Sn/c2*1-7-21-13-14-24-10-4-20-5-11-25-17-15-22-8-2-19(1)3-9-23-16-18-26-12-6-20;1-4-10-16(11-5-1)19(17-12-6-2-7-13-17)18-14-8-3-9-15-18;3-1-2-4;;;;;;;;;;;;;/h2*1-18H2;1-15H;1-4H2;;;;;;;;;;;;;. The molecule has 4 bridgehead atoms. The molecule has 6 heterocycles. The average molecular weight is 2610 g/mol. The number of benzene rings is 3. The molecule has 32 heteroatoms. The van der Waals surface area contributed by atoms with Gasteiger partial charge in [0.15, 0.2) is 0 Å². The second-order valence-electron chi connectivity index (χ2n) is 17.6. The first kappa shape index (κ1) is 118. The van der Waals surface area contributed by atoms with Crippen LogP contribution >= 0.6 is 7.92 Å². The van der Waals surface area contributed by atoms with Crippen molar-refractivity contribution >= 4 is 342 Å². The van der Waals surface area contributed by atoms with Crippen molar-refractivity contribution < 1.29 is 99.0 Å². The maximum atomic E-state index is 5.70. The fourth-order valence-electron chi connectivity index (χ4n) is 7.78. The van der Waals surface area contributed by atoms with Gasteiger partial charge in [-0.3, -0.25) is 19.6 Å². The van der Waals surface area contributed by atoms with Crippen LogP contribution < -0.4 is 27.4 Å². The zero-order chi connectivity index (χ0) is 52.6. The maximum absolute atomic E-state index is 5.70.